The normalized spacial score (nSPS) is 11.3. The molecule has 0 fully saturated rings. The molecular formula is C15H24FN3O. The van der Waals surface area contributed by atoms with Crippen LogP contribution >= 0.6 is 0 Å². The maximum absolute atomic E-state index is 13.4. The van der Waals surface area contributed by atoms with Crippen LogP contribution < -0.4 is 15.5 Å². The van der Waals surface area contributed by atoms with Crippen LogP contribution in [0, 0.1) is 5.82 Å². The van der Waals surface area contributed by atoms with Crippen molar-refractivity contribution in [2.75, 3.05) is 25.5 Å². The van der Waals surface area contributed by atoms with Crippen LogP contribution in [0.2, 0.25) is 0 Å². The lowest BCUT2D eigenvalue weighted by atomic mass is 10.1. The van der Waals surface area contributed by atoms with E-state index in [1.807, 2.05) is 11.9 Å². The van der Waals surface area contributed by atoms with Gasteiger partial charge in [0.05, 0.1) is 6.54 Å². The highest BCUT2D eigenvalue weighted by Gasteiger charge is 2.14. The first-order chi connectivity index (χ1) is 9.23. The van der Waals surface area contributed by atoms with E-state index in [9.17, 15) is 9.18 Å². The van der Waals surface area contributed by atoms with Gasteiger partial charge in [0.2, 0.25) is 5.91 Å². The zero-order valence-electron chi connectivity index (χ0n) is 12.9. The number of carbonyl (C=O) groups excluding carboxylic acids is 1. The third kappa shape index (κ3) is 5.17. The number of hydrogen-bond acceptors (Lipinski definition) is 3. The van der Waals surface area contributed by atoms with Crippen molar-refractivity contribution in [3.63, 3.8) is 0 Å². The Balaban J connectivity index is 2.92. The van der Waals surface area contributed by atoms with Gasteiger partial charge in [-0.1, -0.05) is 0 Å². The molecule has 0 aliphatic carbocycles. The third-order valence-corrected chi connectivity index (χ3v) is 2.92. The topological polar surface area (TPSA) is 44.4 Å². The lowest BCUT2D eigenvalue weighted by Gasteiger charge is -2.25. The molecule has 20 heavy (non-hydrogen) atoms. The van der Waals surface area contributed by atoms with Crippen molar-refractivity contribution in [2.24, 2.45) is 0 Å². The molecule has 0 unspecified atom stereocenters. The number of rotatable bonds is 5. The molecule has 0 aromatic heterocycles. The summed E-state index contributed by atoms with van der Waals surface area (Å²) in [4.78, 5) is 13.3. The highest BCUT2D eigenvalue weighted by molar-refractivity contribution is 5.81. The Morgan fingerprint density at radius 2 is 2.00 bits per heavy atom. The molecule has 1 aromatic carbocycles. The SMILES string of the molecule is CNC(=O)CN(C)c1ccc(F)cc1CNC(C)(C)C. The van der Waals surface area contributed by atoms with E-state index >= 15 is 0 Å². The highest BCUT2D eigenvalue weighted by Crippen LogP contribution is 2.21. The number of benzene rings is 1. The second-order valence-corrected chi connectivity index (χ2v) is 5.91. The van der Waals surface area contributed by atoms with E-state index in [-0.39, 0.29) is 23.8 Å². The van der Waals surface area contributed by atoms with Gasteiger partial charge in [0.25, 0.3) is 0 Å². The summed E-state index contributed by atoms with van der Waals surface area (Å²) in [6, 6.07) is 4.63. The molecule has 0 heterocycles. The first-order valence-corrected chi connectivity index (χ1v) is 6.68. The van der Waals surface area contributed by atoms with E-state index in [1.54, 1.807) is 13.1 Å². The van der Waals surface area contributed by atoms with Gasteiger partial charge in [-0.3, -0.25) is 4.79 Å². The van der Waals surface area contributed by atoms with E-state index in [2.05, 4.69) is 31.4 Å². The Kier molecular flexibility index (Phi) is 5.51. The predicted molar refractivity (Wildman–Crippen MR) is 80.3 cm³/mol. The van der Waals surface area contributed by atoms with Crippen molar-refractivity contribution < 1.29 is 9.18 Å². The molecule has 1 aromatic rings. The molecule has 112 valence electrons. The molecule has 0 saturated heterocycles. The van der Waals surface area contributed by atoms with Gasteiger partial charge in [-0.15, -0.1) is 0 Å². The molecule has 0 atom stereocenters. The van der Waals surface area contributed by atoms with Crippen molar-refractivity contribution in [1.82, 2.24) is 10.6 Å². The Morgan fingerprint density at radius 3 is 2.55 bits per heavy atom. The molecular weight excluding hydrogens is 257 g/mol. The average molecular weight is 281 g/mol. The smallest absolute Gasteiger partial charge is 0.239 e. The van der Waals surface area contributed by atoms with Gasteiger partial charge in [0, 0.05) is 31.9 Å². The third-order valence-electron chi connectivity index (χ3n) is 2.92. The molecule has 1 amide bonds. The average Bonchev–Trinajstić information content (AvgIpc) is 2.35. The number of carbonyl (C=O) groups is 1. The van der Waals surface area contributed by atoms with Crippen LogP contribution in [0.25, 0.3) is 0 Å². The lowest BCUT2D eigenvalue weighted by Crippen LogP contribution is -2.36. The standard InChI is InChI=1S/C15H24FN3O/c1-15(2,3)18-9-11-8-12(16)6-7-13(11)19(5)10-14(20)17-4/h6-8,18H,9-10H2,1-5H3,(H,17,20). The van der Waals surface area contributed by atoms with Crippen molar-refractivity contribution in [3.05, 3.63) is 29.6 Å². The lowest BCUT2D eigenvalue weighted by molar-refractivity contribution is -0.119. The summed E-state index contributed by atoms with van der Waals surface area (Å²) in [6.45, 7) is 6.96. The first kappa shape index (κ1) is 16.4. The van der Waals surface area contributed by atoms with Gasteiger partial charge in [-0.05, 0) is 44.5 Å². The number of nitrogens with one attached hydrogen (secondary N) is 2. The van der Waals surface area contributed by atoms with Crippen molar-refractivity contribution in [3.8, 4) is 0 Å². The van der Waals surface area contributed by atoms with Crippen LogP contribution in [0.5, 0.6) is 0 Å². The summed E-state index contributed by atoms with van der Waals surface area (Å²) in [7, 11) is 3.42. The summed E-state index contributed by atoms with van der Waals surface area (Å²) >= 11 is 0. The van der Waals surface area contributed by atoms with Gasteiger partial charge in [-0.2, -0.15) is 0 Å². The molecule has 2 N–H and O–H groups in total. The van der Waals surface area contributed by atoms with E-state index in [4.69, 9.17) is 0 Å². The van der Waals surface area contributed by atoms with Crippen molar-refractivity contribution >= 4 is 11.6 Å². The molecule has 0 bridgehead atoms. The summed E-state index contributed by atoms with van der Waals surface area (Å²) in [5.41, 5.74) is 1.64. The number of halogens is 1. The van der Waals surface area contributed by atoms with Crippen molar-refractivity contribution in [2.45, 2.75) is 32.9 Å². The molecule has 0 aliphatic rings. The highest BCUT2D eigenvalue weighted by atomic mass is 19.1. The van der Waals surface area contributed by atoms with Gasteiger partial charge in [-0.25, -0.2) is 4.39 Å². The molecule has 0 aliphatic heterocycles. The summed E-state index contributed by atoms with van der Waals surface area (Å²) < 4.78 is 13.4. The fourth-order valence-corrected chi connectivity index (χ4v) is 1.81. The van der Waals surface area contributed by atoms with E-state index < -0.39 is 0 Å². The number of amides is 1. The molecule has 0 spiro atoms. The fourth-order valence-electron chi connectivity index (χ4n) is 1.81. The van der Waals surface area contributed by atoms with Crippen molar-refractivity contribution in [1.29, 1.82) is 0 Å². The largest absolute Gasteiger partial charge is 0.365 e. The monoisotopic (exact) mass is 281 g/mol. The minimum absolute atomic E-state index is 0.0526. The number of likely N-dealkylation sites (N-methyl/N-ethyl adjacent to an activating group) is 2. The van der Waals surface area contributed by atoms with Gasteiger partial charge in [0.15, 0.2) is 0 Å². The number of hydrogen-bond donors (Lipinski definition) is 2. The van der Waals surface area contributed by atoms with Crippen LogP contribution in [0.1, 0.15) is 26.3 Å². The maximum Gasteiger partial charge on any atom is 0.239 e. The van der Waals surface area contributed by atoms with Gasteiger partial charge in [0.1, 0.15) is 5.82 Å². The Labute approximate surface area is 120 Å². The van der Waals surface area contributed by atoms with Crippen LogP contribution in [0.4, 0.5) is 10.1 Å². The molecule has 0 radical (unpaired) electrons. The minimum atomic E-state index is -0.271. The number of nitrogens with zero attached hydrogens (tertiary/aromatic N) is 1. The summed E-state index contributed by atoms with van der Waals surface area (Å²) in [5, 5.41) is 5.92. The Bertz CT molecular complexity index is 469. The second kappa shape index (κ2) is 6.70. The van der Waals surface area contributed by atoms with Gasteiger partial charge < -0.3 is 15.5 Å². The van der Waals surface area contributed by atoms with Crippen LogP contribution in [-0.4, -0.2) is 32.1 Å². The fraction of sp³-hybridized carbons (Fsp3) is 0.533. The zero-order valence-corrected chi connectivity index (χ0v) is 12.9. The van der Waals surface area contributed by atoms with Crippen LogP contribution in [-0.2, 0) is 11.3 Å². The number of anilines is 1. The van der Waals surface area contributed by atoms with Gasteiger partial charge >= 0.3 is 0 Å². The Morgan fingerprint density at radius 1 is 1.35 bits per heavy atom. The van der Waals surface area contributed by atoms with Crippen LogP contribution in [0.15, 0.2) is 18.2 Å². The minimum Gasteiger partial charge on any atom is -0.365 e. The first-order valence-electron chi connectivity index (χ1n) is 6.68. The molecule has 0 saturated carbocycles. The molecule has 5 heteroatoms. The maximum atomic E-state index is 13.4. The van der Waals surface area contributed by atoms with E-state index in [0.29, 0.717) is 6.54 Å². The molecule has 1 rings (SSSR count). The van der Waals surface area contributed by atoms with Crippen LogP contribution in [0.3, 0.4) is 0 Å². The Hall–Kier alpha value is -1.62. The quantitative estimate of drug-likeness (QED) is 0.866. The second-order valence-electron chi connectivity index (χ2n) is 5.91. The van der Waals surface area contributed by atoms with E-state index in [0.717, 1.165) is 11.3 Å². The summed E-state index contributed by atoms with van der Waals surface area (Å²) in [6.07, 6.45) is 0. The predicted octanol–water partition coefficient (Wildman–Crippen LogP) is 1.90. The van der Waals surface area contributed by atoms with E-state index in [1.165, 1.54) is 12.1 Å². The zero-order chi connectivity index (χ0) is 15.3. The summed E-state index contributed by atoms with van der Waals surface area (Å²) in [5.74, 6) is -0.348. The molecule has 4 nitrogen and oxygen atoms in total.